The Morgan fingerprint density at radius 2 is 2.15 bits per heavy atom. The van der Waals surface area contributed by atoms with E-state index in [1.807, 2.05) is 6.92 Å². The standard InChI is InChI=1S/C10H14O3/c1-3-12-7-13-10-6-4-5-9(11)8(10)2/h4-6,11H,3,7H2,1-2H3. The predicted octanol–water partition coefficient (Wildman–Crippen LogP) is 2.07. The molecule has 3 nitrogen and oxygen atoms in total. The number of benzene rings is 1. The molecule has 1 N–H and O–H groups in total. The van der Waals surface area contributed by atoms with Crippen LogP contribution in [-0.4, -0.2) is 18.5 Å². The van der Waals surface area contributed by atoms with Crippen molar-refractivity contribution in [3.05, 3.63) is 23.8 Å². The molecule has 0 heterocycles. The summed E-state index contributed by atoms with van der Waals surface area (Å²) in [5.74, 6) is 0.905. The number of rotatable bonds is 4. The van der Waals surface area contributed by atoms with Crippen molar-refractivity contribution in [1.29, 1.82) is 0 Å². The van der Waals surface area contributed by atoms with E-state index < -0.39 is 0 Å². The number of phenols is 1. The van der Waals surface area contributed by atoms with Crippen molar-refractivity contribution < 1.29 is 14.6 Å². The van der Waals surface area contributed by atoms with E-state index in [1.54, 1.807) is 25.1 Å². The second-order valence-corrected chi connectivity index (χ2v) is 2.66. The Hall–Kier alpha value is -1.22. The Bertz CT molecular complexity index is 271. The molecule has 1 rings (SSSR count). The molecule has 0 fully saturated rings. The third-order valence-electron chi connectivity index (χ3n) is 1.76. The molecule has 0 spiro atoms. The summed E-state index contributed by atoms with van der Waals surface area (Å²) in [5, 5.41) is 9.34. The van der Waals surface area contributed by atoms with Gasteiger partial charge in [0.1, 0.15) is 11.5 Å². The molecule has 0 saturated carbocycles. The number of ether oxygens (including phenoxy) is 2. The molecule has 0 atom stereocenters. The van der Waals surface area contributed by atoms with E-state index in [9.17, 15) is 5.11 Å². The topological polar surface area (TPSA) is 38.7 Å². The fraction of sp³-hybridized carbons (Fsp3) is 0.400. The number of phenolic OH excluding ortho intramolecular Hbond substituents is 1. The van der Waals surface area contributed by atoms with Crippen LogP contribution < -0.4 is 4.74 Å². The van der Waals surface area contributed by atoms with Gasteiger partial charge in [-0.25, -0.2) is 0 Å². The van der Waals surface area contributed by atoms with E-state index >= 15 is 0 Å². The predicted molar refractivity (Wildman–Crippen MR) is 50.0 cm³/mol. The fourth-order valence-electron chi connectivity index (χ4n) is 0.948. The van der Waals surface area contributed by atoms with Gasteiger partial charge in [-0.05, 0) is 26.0 Å². The number of hydrogen-bond donors (Lipinski definition) is 1. The lowest BCUT2D eigenvalue weighted by atomic mass is 10.2. The first-order valence-electron chi connectivity index (χ1n) is 4.24. The first-order valence-corrected chi connectivity index (χ1v) is 4.24. The van der Waals surface area contributed by atoms with Gasteiger partial charge in [0.2, 0.25) is 0 Å². The molecule has 0 saturated heterocycles. The van der Waals surface area contributed by atoms with E-state index in [0.29, 0.717) is 12.4 Å². The van der Waals surface area contributed by atoms with Crippen LogP contribution in [0.1, 0.15) is 12.5 Å². The second-order valence-electron chi connectivity index (χ2n) is 2.66. The molecule has 1 aromatic rings. The molecule has 13 heavy (non-hydrogen) atoms. The van der Waals surface area contributed by atoms with E-state index in [1.165, 1.54) is 0 Å². The molecule has 1 aromatic carbocycles. The molecular weight excluding hydrogens is 168 g/mol. The van der Waals surface area contributed by atoms with Gasteiger partial charge in [-0.3, -0.25) is 0 Å². The highest BCUT2D eigenvalue weighted by Gasteiger charge is 2.02. The van der Waals surface area contributed by atoms with Crippen LogP contribution >= 0.6 is 0 Å². The highest BCUT2D eigenvalue weighted by molar-refractivity contribution is 5.42. The summed E-state index contributed by atoms with van der Waals surface area (Å²) in [6.07, 6.45) is 0. The van der Waals surface area contributed by atoms with E-state index in [-0.39, 0.29) is 12.5 Å². The van der Waals surface area contributed by atoms with Gasteiger partial charge in [0.15, 0.2) is 6.79 Å². The van der Waals surface area contributed by atoms with Crippen molar-refractivity contribution >= 4 is 0 Å². The van der Waals surface area contributed by atoms with Crippen LogP contribution in [0, 0.1) is 6.92 Å². The van der Waals surface area contributed by atoms with Crippen LogP contribution in [0.4, 0.5) is 0 Å². The van der Waals surface area contributed by atoms with E-state index in [4.69, 9.17) is 9.47 Å². The van der Waals surface area contributed by atoms with Crippen LogP contribution in [0.2, 0.25) is 0 Å². The average molecular weight is 182 g/mol. The van der Waals surface area contributed by atoms with Gasteiger partial charge in [0.05, 0.1) is 0 Å². The third-order valence-corrected chi connectivity index (χ3v) is 1.76. The average Bonchev–Trinajstić information content (AvgIpc) is 2.13. The highest BCUT2D eigenvalue weighted by Crippen LogP contribution is 2.25. The van der Waals surface area contributed by atoms with Gasteiger partial charge in [0, 0.05) is 12.2 Å². The minimum Gasteiger partial charge on any atom is -0.508 e. The monoisotopic (exact) mass is 182 g/mol. The Balaban J connectivity index is 2.61. The Labute approximate surface area is 77.9 Å². The Morgan fingerprint density at radius 3 is 2.85 bits per heavy atom. The molecule has 0 aromatic heterocycles. The Kier molecular flexibility index (Phi) is 3.58. The van der Waals surface area contributed by atoms with Crippen LogP contribution in [0.5, 0.6) is 11.5 Å². The van der Waals surface area contributed by atoms with Crippen LogP contribution in [0.15, 0.2) is 18.2 Å². The molecule has 0 unspecified atom stereocenters. The zero-order valence-electron chi connectivity index (χ0n) is 7.91. The minimum atomic E-state index is 0.223. The SMILES string of the molecule is CCOCOc1cccc(O)c1C. The lowest BCUT2D eigenvalue weighted by Crippen LogP contribution is -2.02. The fourth-order valence-corrected chi connectivity index (χ4v) is 0.948. The van der Waals surface area contributed by atoms with Crippen molar-refractivity contribution in [3.8, 4) is 11.5 Å². The molecule has 0 aliphatic rings. The Morgan fingerprint density at radius 1 is 1.38 bits per heavy atom. The first-order chi connectivity index (χ1) is 6.25. The first kappa shape index (κ1) is 9.86. The summed E-state index contributed by atoms with van der Waals surface area (Å²) in [6, 6.07) is 5.17. The number of hydrogen-bond acceptors (Lipinski definition) is 3. The zero-order valence-corrected chi connectivity index (χ0v) is 7.91. The molecule has 72 valence electrons. The number of aromatic hydroxyl groups is 1. The van der Waals surface area contributed by atoms with E-state index in [0.717, 1.165) is 5.56 Å². The summed E-state index contributed by atoms with van der Waals surface area (Å²) in [6.45, 7) is 4.55. The maximum atomic E-state index is 9.34. The van der Waals surface area contributed by atoms with Crippen molar-refractivity contribution in [2.24, 2.45) is 0 Å². The molecule has 0 aliphatic heterocycles. The van der Waals surface area contributed by atoms with Crippen molar-refractivity contribution in [1.82, 2.24) is 0 Å². The van der Waals surface area contributed by atoms with Gasteiger partial charge in [0.25, 0.3) is 0 Å². The van der Waals surface area contributed by atoms with Crippen molar-refractivity contribution in [3.63, 3.8) is 0 Å². The maximum absolute atomic E-state index is 9.34. The lowest BCUT2D eigenvalue weighted by Gasteiger charge is -2.09. The lowest BCUT2D eigenvalue weighted by molar-refractivity contribution is 0.0219. The molecule has 0 aliphatic carbocycles. The molecule has 3 heteroatoms. The zero-order chi connectivity index (χ0) is 9.68. The normalized spacial score (nSPS) is 10.0. The minimum absolute atomic E-state index is 0.223. The highest BCUT2D eigenvalue weighted by atomic mass is 16.7. The van der Waals surface area contributed by atoms with E-state index in [2.05, 4.69) is 0 Å². The van der Waals surface area contributed by atoms with Gasteiger partial charge in [-0.15, -0.1) is 0 Å². The second kappa shape index (κ2) is 4.72. The summed E-state index contributed by atoms with van der Waals surface area (Å²) in [5.41, 5.74) is 0.738. The summed E-state index contributed by atoms with van der Waals surface area (Å²) in [4.78, 5) is 0. The largest absolute Gasteiger partial charge is 0.508 e. The van der Waals surface area contributed by atoms with Gasteiger partial charge >= 0.3 is 0 Å². The summed E-state index contributed by atoms with van der Waals surface area (Å²) < 4.78 is 10.3. The molecular formula is C10H14O3. The quantitative estimate of drug-likeness (QED) is 0.572. The summed E-state index contributed by atoms with van der Waals surface area (Å²) >= 11 is 0. The maximum Gasteiger partial charge on any atom is 0.189 e. The third kappa shape index (κ3) is 2.63. The molecule has 0 amide bonds. The summed E-state index contributed by atoms with van der Waals surface area (Å²) in [7, 11) is 0. The van der Waals surface area contributed by atoms with Crippen molar-refractivity contribution in [2.75, 3.05) is 13.4 Å². The van der Waals surface area contributed by atoms with Gasteiger partial charge < -0.3 is 14.6 Å². The van der Waals surface area contributed by atoms with Crippen LogP contribution in [-0.2, 0) is 4.74 Å². The smallest absolute Gasteiger partial charge is 0.189 e. The molecule has 0 radical (unpaired) electrons. The van der Waals surface area contributed by atoms with Crippen LogP contribution in [0.25, 0.3) is 0 Å². The van der Waals surface area contributed by atoms with Crippen molar-refractivity contribution in [2.45, 2.75) is 13.8 Å². The van der Waals surface area contributed by atoms with Gasteiger partial charge in [-0.1, -0.05) is 6.07 Å². The molecule has 0 bridgehead atoms. The van der Waals surface area contributed by atoms with Crippen LogP contribution in [0.3, 0.4) is 0 Å². The van der Waals surface area contributed by atoms with Gasteiger partial charge in [-0.2, -0.15) is 0 Å².